The number of aliphatic hydroxyl groups is 1. The summed E-state index contributed by atoms with van der Waals surface area (Å²) in [6, 6.07) is 6.42. The van der Waals surface area contributed by atoms with Gasteiger partial charge in [0.2, 0.25) is 11.8 Å². The minimum absolute atomic E-state index is 0.0283. The van der Waals surface area contributed by atoms with Crippen LogP contribution >= 0.6 is 0 Å². The molecule has 2 N–H and O–H groups in total. The standard InChI is InChI=1S/C23H29N5O6/c1-3-22-9-10-23(34-22)16(17(22)21(32)33-4-2)20(31)27(11-12-29)18(23)19(30)24-13-28-15-8-6-5-7-14(15)25-26-28/h5-8,16-18,29H,3-4,9-13H2,1-2H3,(H,24,30)/t16-,17-,18?,22+,23?/m0/s1. The van der Waals surface area contributed by atoms with E-state index in [0.717, 1.165) is 5.52 Å². The zero-order valence-corrected chi connectivity index (χ0v) is 19.3. The third kappa shape index (κ3) is 3.06. The first-order valence-electron chi connectivity index (χ1n) is 11.8. The minimum Gasteiger partial charge on any atom is -0.466 e. The smallest absolute Gasteiger partial charge is 0.312 e. The average molecular weight is 472 g/mol. The fourth-order valence-electron chi connectivity index (χ4n) is 6.24. The van der Waals surface area contributed by atoms with E-state index < -0.39 is 41.0 Å². The van der Waals surface area contributed by atoms with Crippen LogP contribution in [0.25, 0.3) is 11.0 Å². The van der Waals surface area contributed by atoms with E-state index in [1.807, 2.05) is 31.2 Å². The Bertz CT molecular complexity index is 1140. The van der Waals surface area contributed by atoms with Gasteiger partial charge >= 0.3 is 5.97 Å². The van der Waals surface area contributed by atoms with Gasteiger partial charge < -0.3 is 24.8 Å². The van der Waals surface area contributed by atoms with Crippen LogP contribution in [0.5, 0.6) is 0 Å². The molecule has 1 spiro atoms. The number of ether oxygens (including phenoxy) is 2. The highest BCUT2D eigenvalue weighted by Gasteiger charge is 2.78. The molecule has 3 aliphatic rings. The lowest BCUT2D eigenvalue weighted by Gasteiger charge is -2.33. The molecule has 1 aromatic carbocycles. The van der Waals surface area contributed by atoms with E-state index in [9.17, 15) is 19.5 Å². The molecular weight excluding hydrogens is 442 g/mol. The van der Waals surface area contributed by atoms with Crippen LogP contribution in [0.1, 0.15) is 33.1 Å². The lowest BCUT2D eigenvalue weighted by molar-refractivity contribution is -0.160. The lowest BCUT2D eigenvalue weighted by Crippen LogP contribution is -2.55. The first-order chi connectivity index (χ1) is 16.4. The number of fused-ring (bicyclic) bond motifs is 2. The van der Waals surface area contributed by atoms with Gasteiger partial charge in [0.1, 0.15) is 29.7 Å². The molecule has 3 saturated heterocycles. The van der Waals surface area contributed by atoms with Gasteiger partial charge in [0.15, 0.2) is 0 Å². The molecule has 2 bridgehead atoms. The summed E-state index contributed by atoms with van der Waals surface area (Å²) in [5, 5.41) is 20.7. The molecule has 1 aromatic heterocycles. The molecule has 3 aliphatic heterocycles. The molecule has 0 aliphatic carbocycles. The third-order valence-electron chi connectivity index (χ3n) is 7.63. The molecule has 182 valence electrons. The van der Waals surface area contributed by atoms with Crippen molar-refractivity contribution in [3.05, 3.63) is 24.3 Å². The van der Waals surface area contributed by atoms with Crippen LogP contribution < -0.4 is 5.32 Å². The second kappa shape index (κ2) is 8.31. The molecule has 0 radical (unpaired) electrons. The van der Waals surface area contributed by atoms with Gasteiger partial charge in [-0.15, -0.1) is 5.10 Å². The number of para-hydroxylation sites is 1. The van der Waals surface area contributed by atoms with Crippen LogP contribution in [0.4, 0.5) is 0 Å². The van der Waals surface area contributed by atoms with Gasteiger partial charge in [-0.3, -0.25) is 14.4 Å². The molecule has 2 unspecified atom stereocenters. The SMILES string of the molecule is CCOC(=O)[C@@H]1[C@H]2C(=O)N(CCO)C(C(=O)NCn3nnc4ccccc43)C23CC[C@@]1(CC)O3. The van der Waals surface area contributed by atoms with E-state index in [1.165, 1.54) is 4.90 Å². The summed E-state index contributed by atoms with van der Waals surface area (Å²) in [6.07, 6.45) is 1.56. The van der Waals surface area contributed by atoms with E-state index in [4.69, 9.17) is 9.47 Å². The molecule has 3 fully saturated rings. The average Bonchev–Trinajstić information content (AvgIpc) is 3.55. The molecule has 2 aromatic rings. The maximum atomic E-state index is 13.6. The Labute approximate surface area is 196 Å². The van der Waals surface area contributed by atoms with Crippen molar-refractivity contribution in [2.45, 2.75) is 57.0 Å². The van der Waals surface area contributed by atoms with Crippen molar-refractivity contribution in [3.8, 4) is 0 Å². The summed E-state index contributed by atoms with van der Waals surface area (Å²) >= 11 is 0. The summed E-state index contributed by atoms with van der Waals surface area (Å²) in [5.41, 5.74) is -0.514. The van der Waals surface area contributed by atoms with Crippen molar-refractivity contribution in [3.63, 3.8) is 0 Å². The lowest BCUT2D eigenvalue weighted by atomic mass is 9.65. The predicted molar refractivity (Wildman–Crippen MR) is 118 cm³/mol. The first-order valence-corrected chi connectivity index (χ1v) is 11.8. The maximum Gasteiger partial charge on any atom is 0.312 e. The summed E-state index contributed by atoms with van der Waals surface area (Å²) in [7, 11) is 0. The van der Waals surface area contributed by atoms with Gasteiger partial charge in [-0.25, -0.2) is 4.68 Å². The van der Waals surface area contributed by atoms with Crippen molar-refractivity contribution in [2.75, 3.05) is 19.8 Å². The highest BCUT2D eigenvalue weighted by atomic mass is 16.6. The topological polar surface area (TPSA) is 136 Å². The van der Waals surface area contributed by atoms with E-state index in [-0.39, 0.29) is 32.3 Å². The monoisotopic (exact) mass is 471 g/mol. The molecule has 2 amide bonds. The number of β-amino-alcohol motifs (C(OH)–C–C–N with tert-alkyl or cyclic N) is 1. The van der Waals surface area contributed by atoms with Crippen molar-refractivity contribution in [1.29, 1.82) is 0 Å². The predicted octanol–water partition coefficient (Wildman–Crippen LogP) is 0.215. The number of amides is 2. The molecule has 11 nitrogen and oxygen atoms in total. The van der Waals surface area contributed by atoms with Gasteiger partial charge in [0.25, 0.3) is 0 Å². The second-order valence-corrected chi connectivity index (χ2v) is 9.12. The van der Waals surface area contributed by atoms with Crippen LogP contribution in [0, 0.1) is 11.8 Å². The van der Waals surface area contributed by atoms with E-state index in [0.29, 0.717) is 24.8 Å². The fraction of sp³-hybridized carbons (Fsp3) is 0.609. The Morgan fingerprint density at radius 3 is 2.82 bits per heavy atom. The van der Waals surface area contributed by atoms with Gasteiger partial charge in [0.05, 0.1) is 30.2 Å². The van der Waals surface area contributed by atoms with Crippen LogP contribution in [-0.2, 0) is 30.5 Å². The number of carbonyl (C=O) groups is 3. The van der Waals surface area contributed by atoms with Crippen molar-refractivity contribution < 1.29 is 29.0 Å². The van der Waals surface area contributed by atoms with Crippen molar-refractivity contribution >= 4 is 28.8 Å². The quantitative estimate of drug-likeness (QED) is 0.522. The van der Waals surface area contributed by atoms with Crippen LogP contribution in [-0.4, -0.2) is 79.8 Å². The fourth-order valence-corrected chi connectivity index (χ4v) is 6.24. The highest BCUT2D eigenvalue weighted by Crippen LogP contribution is 2.64. The molecule has 0 saturated carbocycles. The zero-order valence-electron chi connectivity index (χ0n) is 19.3. The normalized spacial score (nSPS) is 31.8. The number of hydrogen-bond acceptors (Lipinski definition) is 8. The Hall–Kier alpha value is -3.05. The number of benzene rings is 1. The minimum atomic E-state index is -1.14. The molecule has 11 heteroatoms. The number of rotatable bonds is 8. The Kier molecular flexibility index (Phi) is 5.56. The van der Waals surface area contributed by atoms with Gasteiger partial charge in [-0.05, 0) is 38.3 Å². The Morgan fingerprint density at radius 2 is 2.09 bits per heavy atom. The van der Waals surface area contributed by atoms with Crippen LogP contribution in [0.2, 0.25) is 0 Å². The first kappa shape index (κ1) is 22.7. The largest absolute Gasteiger partial charge is 0.466 e. The summed E-state index contributed by atoms with van der Waals surface area (Å²) < 4.78 is 13.4. The zero-order chi connectivity index (χ0) is 24.1. The number of hydrogen-bond donors (Lipinski definition) is 2. The number of nitrogens with zero attached hydrogens (tertiary/aromatic N) is 4. The molecule has 4 heterocycles. The Morgan fingerprint density at radius 1 is 1.29 bits per heavy atom. The molecule has 5 rings (SSSR count). The third-order valence-corrected chi connectivity index (χ3v) is 7.63. The van der Waals surface area contributed by atoms with Gasteiger partial charge in [-0.2, -0.15) is 0 Å². The Balaban J connectivity index is 1.46. The van der Waals surface area contributed by atoms with E-state index in [2.05, 4.69) is 15.6 Å². The number of esters is 1. The van der Waals surface area contributed by atoms with Crippen molar-refractivity contribution in [2.24, 2.45) is 11.8 Å². The molecule has 5 atom stereocenters. The van der Waals surface area contributed by atoms with Crippen LogP contribution in [0.15, 0.2) is 24.3 Å². The van der Waals surface area contributed by atoms with E-state index in [1.54, 1.807) is 11.6 Å². The summed E-state index contributed by atoms with van der Waals surface area (Å²) in [4.78, 5) is 41.5. The van der Waals surface area contributed by atoms with E-state index >= 15 is 0 Å². The number of aromatic nitrogens is 3. The van der Waals surface area contributed by atoms with Gasteiger partial charge in [0, 0.05) is 6.54 Å². The van der Waals surface area contributed by atoms with Gasteiger partial charge in [-0.1, -0.05) is 24.3 Å². The maximum absolute atomic E-state index is 13.6. The van der Waals surface area contributed by atoms with Crippen molar-refractivity contribution in [1.82, 2.24) is 25.2 Å². The molecule has 34 heavy (non-hydrogen) atoms. The number of likely N-dealkylation sites (tertiary alicyclic amines) is 1. The van der Waals surface area contributed by atoms with Crippen LogP contribution in [0.3, 0.4) is 0 Å². The second-order valence-electron chi connectivity index (χ2n) is 9.12. The summed E-state index contributed by atoms with van der Waals surface area (Å²) in [5.74, 6) is -2.84. The number of carbonyl (C=O) groups excluding carboxylic acids is 3. The number of nitrogens with one attached hydrogen (secondary N) is 1. The summed E-state index contributed by atoms with van der Waals surface area (Å²) in [6.45, 7) is 3.55. The highest BCUT2D eigenvalue weighted by molar-refractivity contribution is 5.98. The molecular formula is C23H29N5O6. The number of aliphatic hydroxyl groups excluding tert-OH is 1.